The standard InChI is InChI=1S/C17H21N3O2/c1-3-4-16-15(17(21)19-12-5-6-12)11-18-20(16)13-7-9-14(22-2)10-8-13/h7-12H,3-6H2,1-2H3,(H,19,21). The average molecular weight is 299 g/mol. The summed E-state index contributed by atoms with van der Waals surface area (Å²) in [6.45, 7) is 2.11. The molecule has 0 bridgehead atoms. The molecule has 22 heavy (non-hydrogen) atoms. The number of amides is 1. The highest BCUT2D eigenvalue weighted by Gasteiger charge is 2.26. The first-order valence-corrected chi connectivity index (χ1v) is 7.75. The second-order valence-corrected chi connectivity index (χ2v) is 5.61. The maximum absolute atomic E-state index is 12.4. The number of nitrogens with one attached hydrogen (secondary N) is 1. The first kappa shape index (κ1) is 14.6. The lowest BCUT2D eigenvalue weighted by Gasteiger charge is -2.10. The van der Waals surface area contributed by atoms with Crippen molar-refractivity contribution in [2.45, 2.75) is 38.6 Å². The van der Waals surface area contributed by atoms with Crippen LogP contribution >= 0.6 is 0 Å². The van der Waals surface area contributed by atoms with Crippen molar-refractivity contribution in [2.24, 2.45) is 0 Å². The molecule has 0 saturated heterocycles. The number of nitrogens with zero attached hydrogens (tertiary/aromatic N) is 2. The van der Waals surface area contributed by atoms with Crippen LogP contribution in [0, 0.1) is 0 Å². The number of ether oxygens (including phenoxy) is 1. The summed E-state index contributed by atoms with van der Waals surface area (Å²) in [5.41, 5.74) is 2.59. The minimum Gasteiger partial charge on any atom is -0.497 e. The van der Waals surface area contributed by atoms with Crippen LogP contribution in [0.25, 0.3) is 5.69 Å². The molecule has 0 radical (unpaired) electrons. The van der Waals surface area contributed by atoms with Crippen molar-refractivity contribution < 1.29 is 9.53 Å². The molecule has 5 nitrogen and oxygen atoms in total. The maximum Gasteiger partial charge on any atom is 0.254 e. The number of rotatable bonds is 6. The number of methoxy groups -OCH3 is 1. The van der Waals surface area contributed by atoms with E-state index in [1.807, 2.05) is 28.9 Å². The molecule has 2 aromatic rings. The van der Waals surface area contributed by atoms with E-state index in [0.717, 1.165) is 42.8 Å². The Balaban J connectivity index is 1.92. The smallest absolute Gasteiger partial charge is 0.254 e. The lowest BCUT2D eigenvalue weighted by Crippen LogP contribution is -2.26. The van der Waals surface area contributed by atoms with Gasteiger partial charge in [-0.2, -0.15) is 5.10 Å². The van der Waals surface area contributed by atoms with Gasteiger partial charge in [0, 0.05) is 6.04 Å². The molecule has 1 heterocycles. The minimum absolute atomic E-state index is 0.00860. The van der Waals surface area contributed by atoms with Gasteiger partial charge in [0.25, 0.3) is 5.91 Å². The molecule has 5 heteroatoms. The summed E-state index contributed by atoms with van der Waals surface area (Å²) in [6, 6.07) is 8.06. The van der Waals surface area contributed by atoms with Gasteiger partial charge >= 0.3 is 0 Å². The zero-order chi connectivity index (χ0) is 15.5. The summed E-state index contributed by atoms with van der Waals surface area (Å²) >= 11 is 0. The topological polar surface area (TPSA) is 56.2 Å². The van der Waals surface area contributed by atoms with Crippen LogP contribution in [0.5, 0.6) is 5.75 Å². The number of aromatic nitrogens is 2. The molecule has 1 aliphatic rings. The van der Waals surface area contributed by atoms with Crippen molar-refractivity contribution in [1.82, 2.24) is 15.1 Å². The first-order valence-electron chi connectivity index (χ1n) is 7.75. The predicted molar refractivity (Wildman–Crippen MR) is 84.6 cm³/mol. The monoisotopic (exact) mass is 299 g/mol. The van der Waals surface area contributed by atoms with E-state index in [0.29, 0.717) is 11.6 Å². The quantitative estimate of drug-likeness (QED) is 0.892. The van der Waals surface area contributed by atoms with Gasteiger partial charge in [0.15, 0.2) is 0 Å². The first-order chi connectivity index (χ1) is 10.7. The molecule has 116 valence electrons. The SMILES string of the molecule is CCCc1c(C(=O)NC2CC2)cnn1-c1ccc(OC)cc1. The third-order valence-corrected chi connectivity index (χ3v) is 3.83. The van der Waals surface area contributed by atoms with Gasteiger partial charge < -0.3 is 10.1 Å². The Hall–Kier alpha value is -2.30. The van der Waals surface area contributed by atoms with Crippen molar-refractivity contribution in [3.63, 3.8) is 0 Å². The van der Waals surface area contributed by atoms with E-state index < -0.39 is 0 Å². The van der Waals surface area contributed by atoms with E-state index in [2.05, 4.69) is 17.3 Å². The fourth-order valence-corrected chi connectivity index (χ4v) is 2.48. The fraction of sp³-hybridized carbons (Fsp3) is 0.412. The molecule has 1 aromatic heterocycles. The second-order valence-electron chi connectivity index (χ2n) is 5.61. The van der Waals surface area contributed by atoms with Crippen LogP contribution in [0.2, 0.25) is 0 Å². The molecule has 0 unspecified atom stereocenters. The lowest BCUT2D eigenvalue weighted by molar-refractivity contribution is 0.0950. The fourth-order valence-electron chi connectivity index (χ4n) is 2.48. The Kier molecular flexibility index (Phi) is 4.13. The highest BCUT2D eigenvalue weighted by molar-refractivity contribution is 5.95. The van der Waals surface area contributed by atoms with Crippen molar-refractivity contribution in [2.75, 3.05) is 7.11 Å². The average Bonchev–Trinajstić information content (AvgIpc) is 3.25. The number of hydrogen-bond donors (Lipinski definition) is 1. The van der Waals surface area contributed by atoms with Crippen LogP contribution < -0.4 is 10.1 Å². The van der Waals surface area contributed by atoms with E-state index in [9.17, 15) is 4.79 Å². The van der Waals surface area contributed by atoms with Crippen molar-refractivity contribution in [3.8, 4) is 11.4 Å². The molecule has 1 amide bonds. The Morgan fingerprint density at radius 1 is 1.36 bits per heavy atom. The molecule has 1 aromatic carbocycles. The van der Waals surface area contributed by atoms with E-state index in [1.54, 1.807) is 13.3 Å². The van der Waals surface area contributed by atoms with Crippen LogP contribution in [-0.4, -0.2) is 28.8 Å². The molecule has 0 aliphatic heterocycles. The summed E-state index contributed by atoms with van der Waals surface area (Å²) in [7, 11) is 1.64. The molecule has 0 spiro atoms. The third-order valence-electron chi connectivity index (χ3n) is 3.83. The Labute approximate surface area is 130 Å². The largest absolute Gasteiger partial charge is 0.497 e. The van der Waals surface area contributed by atoms with Gasteiger partial charge in [0.1, 0.15) is 5.75 Å². The molecular formula is C17H21N3O2. The zero-order valence-electron chi connectivity index (χ0n) is 13.0. The van der Waals surface area contributed by atoms with Gasteiger partial charge in [0.2, 0.25) is 0 Å². The molecule has 0 atom stereocenters. The summed E-state index contributed by atoms with van der Waals surface area (Å²) < 4.78 is 7.04. The van der Waals surface area contributed by atoms with Gasteiger partial charge in [-0.1, -0.05) is 13.3 Å². The predicted octanol–water partition coefficient (Wildman–Crippen LogP) is 2.73. The summed E-state index contributed by atoms with van der Waals surface area (Å²) in [5.74, 6) is 0.797. The highest BCUT2D eigenvalue weighted by atomic mass is 16.5. The lowest BCUT2D eigenvalue weighted by atomic mass is 10.1. The van der Waals surface area contributed by atoms with Crippen LogP contribution in [0.1, 0.15) is 42.2 Å². The Morgan fingerprint density at radius 3 is 2.68 bits per heavy atom. The van der Waals surface area contributed by atoms with Crippen molar-refractivity contribution >= 4 is 5.91 Å². The van der Waals surface area contributed by atoms with E-state index in [1.165, 1.54) is 0 Å². The van der Waals surface area contributed by atoms with E-state index in [-0.39, 0.29) is 5.91 Å². The molecule has 1 saturated carbocycles. The van der Waals surface area contributed by atoms with Gasteiger partial charge in [-0.05, 0) is 43.5 Å². The molecule has 1 fully saturated rings. The summed E-state index contributed by atoms with van der Waals surface area (Å²) in [5, 5.41) is 7.46. The van der Waals surface area contributed by atoms with Gasteiger partial charge in [-0.25, -0.2) is 4.68 Å². The molecule has 1 aliphatic carbocycles. The van der Waals surface area contributed by atoms with Crippen LogP contribution in [0.4, 0.5) is 0 Å². The number of carbonyl (C=O) groups is 1. The highest BCUT2D eigenvalue weighted by Crippen LogP contribution is 2.22. The van der Waals surface area contributed by atoms with E-state index >= 15 is 0 Å². The number of carbonyl (C=O) groups excluding carboxylic acids is 1. The number of benzene rings is 1. The number of hydrogen-bond acceptors (Lipinski definition) is 3. The summed E-state index contributed by atoms with van der Waals surface area (Å²) in [4.78, 5) is 12.4. The summed E-state index contributed by atoms with van der Waals surface area (Å²) in [6.07, 6.45) is 5.63. The van der Waals surface area contributed by atoms with E-state index in [4.69, 9.17) is 4.74 Å². The normalized spacial score (nSPS) is 13.9. The van der Waals surface area contributed by atoms with Crippen molar-refractivity contribution in [1.29, 1.82) is 0 Å². The van der Waals surface area contributed by atoms with Crippen LogP contribution in [0.3, 0.4) is 0 Å². The third kappa shape index (κ3) is 2.98. The van der Waals surface area contributed by atoms with Gasteiger partial charge in [-0.15, -0.1) is 0 Å². The zero-order valence-corrected chi connectivity index (χ0v) is 13.0. The Morgan fingerprint density at radius 2 is 2.09 bits per heavy atom. The minimum atomic E-state index is -0.00860. The second kappa shape index (κ2) is 6.22. The Bertz CT molecular complexity index is 657. The van der Waals surface area contributed by atoms with Gasteiger partial charge in [-0.3, -0.25) is 4.79 Å². The molecule has 1 N–H and O–H groups in total. The molecule has 3 rings (SSSR count). The maximum atomic E-state index is 12.4. The van der Waals surface area contributed by atoms with Crippen LogP contribution in [-0.2, 0) is 6.42 Å². The van der Waals surface area contributed by atoms with Crippen LogP contribution in [0.15, 0.2) is 30.5 Å². The van der Waals surface area contributed by atoms with Gasteiger partial charge in [0.05, 0.1) is 30.3 Å². The molecular weight excluding hydrogens is 278 g/mol. The van der Waals surface area contributed by atoms with Crippen molar-refractivity contribution in [3.05, 3.63) is 41.7 Å².